The number of hydrogen-bond acceptors (Lipinski definition) is 3. The van der Waals surface area contributed by atoms with E-state index in [0.29, 0.717) is 6.54 Å². The number of amides is 1. The van der Waals surface area contributed by atoms with Crippen molar-refractivity contribution in [3.63, 3.8) is 0 Å². The van der Waals surface area contributed by atoms with Gasteiger partial charge in [-0.1, -0.05) is 30.3 Å². The largest absolute Gasteiger partial charge is 0.497 e. The zero-order chi connectivity index (χ0) is 14.4. The predicted molar refractivity (Wildman–Crippen MR) is 79.7 cm³/mol. The summed E-state index contributed by atoms with van der Waals surface area (Å²) in [6.45, 7) is 0.488. The number of anilines is 1. The molecule has 0 atom stereocenters. The monoisotopic (exact) mass is 270 g/mol. The lowest BCUT2D eigenvalue weighted by Gasteiger charge is -2.22. The highest BCUT2D eigenvalue weighted by Crippen LogP contribution is 2.21. The number of carbonyl (C=O) groups excluding carboxylic acids is 1. The molecule has 0 saturated heterocycles. The van der Waals surface area contributed by atoms with E-state index >= 15 is 0 Å². The molecule has 4 heteroatoms. The third-order valence-corrected chi connectivity index (χ3v) is 3.04. The molecule has 4 nitrogen and oxygen atoms in total. The van der Waals surface area contributed by atoms with Crippen LogP contribution in [-0.2, 0) is 11.3 Å². The zero-order valence-electron chi connectivity index (χ0n) is 11.5. The fourth-order valence-corrected chi connectivity index (χ4v) is 1.96. The fraction of sp³-hybridized carbons (Fsp3) is 0.188. The highest BCUT2D eigenvalue weighted by Gasteiger charge is 2.14. The third kappa shape index (κ3) is 3.36. The number of hydrogen-bond donors (Lipinski definition) is 1. The van der Waals surface area contributed by atoms with Crippen LogP contribution in [0.25, 0.3) is 0 Å². The second-order valence-electron chi connectivity index (χ2n) is 4.37. The van der Waals surface area contributed by atoms with Gasteiger partial charge in [-0.25, -0.2) is 0 Å². The summed E-state index contributed by atoms with van der Waals surface area (Å²) in [6, 6.07) is 17.2. The van der Waals surface area contributed by atoms with Gasteiger partial charge in [-0.15, -0.1) is 0 Å². The number of methoxy groups -OCH3 is 1. The van der Waals surface area contributed by atoms with Gasteiger partial charge in [0.25, 0.3) is 0 Å². The molecule has 2 rings (SSSR count). The lowest BCUT2D eigenvalue weighted by Crippen LogP contribution is -2.35. The number of carbonyl (C=O) groups is 1. The van der Waals surface area contributed by atoms with Crippen molar-refractivity contribution >= 4 is 11.6 Å². The normalized spacial score (nSPS) is 10.1. The number of nitrogens with two attached hydrogens (primary N) is 1. The van der Waals surface area contributed by atoms with Crippen molar-refractivity contribution in [2.45, 2.75) is 6.54 Å². The van der Waals surface area contributed by atoms with Crippen LogP contribution in [0.4, 0.5) is 5.69 Å². The summed E-state index contributed by atoms with van der Waals surface area (Å²) in [5.74, 6) is 0.646. The van der Waals surface area contributed by atoms with Gasteiger partial charge in [0.15, 0.2) is 0 Å². The maximum absolute atomic E-state index is 12.0. The molecule has 0 fully saturated rings. The Morgan fingerprint density at radius 3 is 2.30 bits per heavy atom. The number of rotatable bonds is 5. The molecule has 0 aliphatic rings. The number of benzene rings is 2. The summed E-state index contributed by atoms with van der Waals surface area (Å²) in [5.41, 5.74) is 7.37. The number of nitrogens with zero attached hydrogens (tertiary/aromatic N) is 1. The van der Waals surface area contributed by atoms with E-state index < -0.39 is 0 Å². The predicted octanol–water partition coefficient (Wildman–Crippen LogP) is 2.19. The molecule has 0 spiro atoms. The fourth-order valence-electron chi connectivity index (χ4n) is 1.96. The molecular weight excluding hydrogens is 252 g/mol. The first-order valence-electron chi connectivity index (χ1n) is 6.43. The third-order valence-electron chi connectivity index (χ3n) is 3.04. The van der Waals surface area contributed by atoms with Crippen LogP contribution in [0.3, 0.4) is 0 Å². The molecule has 0 radical (unpaired) electrons. The lowest BCUT2D eigenvalue weighted by molar-refractivity contribution is -0.117. The Labute approximate surface area is 118 Å². The Morgan fingerprint density at radius 1 is 1.10 bits per heavy atom. The minimum absolute atomic E-state index is 0.0150. The van der Waals surface area contributed by atoms with Crippen LogP contribution < -0.4 is 15.4 Å². The van der Waals surface area contributed by atoms with Crippen molar-refractivity contribution in [3.8, 4) is 5.75 Å². The van der Waals surface area contributed by atoms with Crippen LogP contribution in [0.2, 0.25) is 0 Å². The van der Waals surface area contributed by atoms with Crippen LogP contribution in [0, 0.1) is 0 Å². The second-order valence-corrected chi connectivity index (χ2v) is 4.37. The SMILES string of the molecule is COc1ccc(N(Cc2ccccc2)C(=O)CN)cc1. The first kappa shape index (κ1) is 14.1. The van der Waals surface area contributed by atoms with Gasteiger partial charge in [-0.3, -0.25) is 4.79 Å². The van der Waals surface area contributed by atoms with Crippen molar-refractivity contribution in [3.05, 3.63) is 60.2 Å². The molecule has 0 aromatic heterocycles. The maximum Gasteiger partial charge on any atom is 0.241 e. The summed E-state index contributed by atoms with van der Waals surface area (Å²) >= 11 is 0. The molecule has 0 unspecified atom stereocenters. The van der Waals surface area contributed by atoms with Gasteiger partial charge in [0.2, 0.25) is 5.91 Å². The van der Waals surface area contributed by atoms with E-state index in [1.54, 1.807) is 12.0 Å². The van der Waals surface area contributed by atoms with Crippen LogP contribution in [0.1, 0.15) is 5.56 Å². The van der Waals surface area contributed by atoms with Gasteiger partial charge in [0, 0.05) is 5.69 Å². The Balaban J connectivity index is 2.25. The van der Waals surface area contributed by atoms with Gasteiger partial charge in [0.1, 0.15) is 5.75 Å². The average molecular weight is 270 g/mol. The molecule has 0 heterocycles. The van der Waals surface area contributed by atoms with Crippen molar-refractivity contribution < 1.29 is 9.53 Å². The Hall–Kier alpha value is -2.33. The van der Waals surface area contributed by atoms with Gasteiger partial charge in [-0.2, -0.15) is 0 Å². The van der Waals surface area contributed by atoms with E-state index in [9.17, 15) is 4.79 Å². The Kier molecular flexibility index (Phi) is 4.74. The average Bonchev–Trinajstić information content (AvgIpc) is 2.53. The summed E-state index contributed by atoms with van der Waals surface area (Å²) in [7, 11) is 1.61. The van der Waals surface area contributed by atoms with E-state index in [1.807, 2.05) is 54.6 Å². The van der Waals surface area contributed by atoms with Crippen molar-refractivity contribution in [2.75, 3.05) is 18.6 Å². The molecule has 104 valence electrons. The Morgan fingerprint density at radius 2 is 1.75 bits per heavy atom. The molecule has 2 aromatic rings. The van der Waals surface area contributed by atoms with Crippen molar-refractivity contribution in [1.82, 2.24) is 0 Å². The molecule has 20 heavy (non-hydrogen) atoms. The van der Waals surface area contributed by atoms with E-state index in [4.69, 9.17) is 10.5 Å². The topological polar surface area (TPSA) is 55.6 Å². The van der Waals surface area contributed by atoms with Gasteiger partial charge < -0.3 is 15.4 Å². The van der Waals surface area contributed by atoms with Gasteiger partial charge in [-0.05, 0) is 29.8 Å². The lowest BCUT2D eigenvalue weighted by atomic mass is 10.2. The molecule has 2 N–H and O–H groups in total. The first-order chi connectivity index (χ1) is 9.74. The summed E-state index contributed by atoms with van der Waals surface area (Å²) in [6.07, 6.45) is 0. The van der Waals surface area contributed by atoms with Crippen LogP contribution in [-0.4, -0.2) is 19.6 Å². The molecular formula is C16H18N2O2. The highest BCUT2D eigenvalue weighted by molar-refractivity contribution is 5.94. The van der Waals surface area contributed by atoms with E-state index in [2.05, 4.69) is 0 Å². The van der Waals surface area contributed by atoms with E-state index in [1.165, 1.54) is 0 Å². The van der Waals surface area contributed by atoms with Crippen LogP contribution >= 0.6 is 0 Å². The molecule has 1 amide bonds. The number of ether oxygens (including phenoxy) is 1. The molecule has 0 aliphatic carbocycles. The van der Waals surface area contributed by atoms with Crippen molar-refractivity contribution in [1.29, 1.82) is 0 Å². The second kappa shape index (κ2) is 6.73. The Bertz CT molecular complexity index is 552. The molecule has 2 aromatic carbocycles. The highest BCUT2D eigenvalue weighted by atomic mass is 16.5. The zero-order valence-corrected chi connectivity index (χ0v) is 11.5. The van der Waals surface area contributed by atoms with E-state index in [-0.39, 0.29) is 12.5 Å². The van der Waals surface area contributed by atoms with Crippen LogP contribution in [0.5, 0.6) is 5.75 Å². The quantitative estimate of drug-likeness (QED) is 0.906. The standard InChI is InChI=1S/C16H18N2O2/c1-20-15-9-7-14(8-10-15)18(16(19)11-17)12-13-5-3-2-4-6-13/h2-10H,11-12,17H2,1H3. The summed E-state index contributed by atoms with van der Waals surface area (Å²) in [5, 5.41) is 0. The molecule has 0 aliphatic heterocycles. The van der Waals surface area contributed by atoms with Gasteiger partial charge >= 0.3 is 0 Å². The summed E-state index contributed by atoms with van der Waals surface area (Å²) in [4.78, 5) is 13.7. The minimum atomic E-state index is -0.112. The van der Waals surface area contributed by atoms with Crippen molar-refractivity contribution in [2.24, 2.45) is 5.73 Å². The van der Waals surface area contributed by atoms with E-state index in [0.717, 1.165) is 17.0 Å². The summed E-state index contributed by atoms with van der Waals surface area (Å²) < 4.78 is 5.13. The molecule has 0 saturated carbocycles. The molecule has 0 bridgehead atoms. The maximum atomic E-state index is 12.0. The van der Waals surface area contributed by atoms with Crippen LogP contribution in [0.15, 0.2) is 54.6 Å². The van der Waals surface area contributed by atoms with Gasteiger partial charge in [0.05, 0.1) is 20.2 Å². The first-order valence-corrected chi connectivity index (χ1v) is 6.43. The smallest absolute Gasteiger partial charge is 0.241 e. The minimum Gasteiger partial charge on any atom is -0.497 e.